The molecule has 0 bridgehead atoms. The molecular weight excluding hydrogens is 230 g/mol. The van der Waals surface area contributed by atoms with Gasteiger partial charge < -0.3 is 9.47 Å². The number of rotatable bonds is 3. The number of hydrogen-bond acceptors (Lipinski definition) is 4. The highest BCUT2D eigenvalue weighted by Gasteiger charge is 2.35. The van der Waals surface area contributed by atoms with Crippen LogP contribution in [0.25, 0.3) is 0 Å². The maximum Gasteiger partial charge on any atom is 0.211 e. The van der Waals surface area contributed by atoms with Gasteiger partial charge in [-0.1, -0.05) is 0 Å². The van der Waals surface area contributed by atoms with E-state index in [1.54, 1.807) is 6.92 Å². The Bertz CT molecular complexity index is 330. The first-order valence-corrected chi connectivity index (χ1v) is 7.49. The zero-order valence-electron chi connectivity index (χ0n) is 9.52. The van der Waals surface area contributed by atoms with Gasteiger partial charge in [0, 0.05) is 6.04 Å². The fourth-order valence-corrected chi connectivity index (χ4v) is 3.20. The molecule has 2 rings (SSSR count). The minimum atomic E-state index is -3.10. The predicted octanol–water partition coefficient (Wildman–Crippen LogP) is 0.262. The van der Waals surface area contributed by atoms with Crippen LogP contribution in [0.2, 0.25) is 0 Å². The second-order valence-electron chi connectivity index (χ2n) is 4.35. The maximum absolute atomic E-state index is 11.4. The topological polar surface area (TPSA) is 64.6 Å². The van der Waals surface area contributed by atoms with Crippen molar-refractivity contribution in [2.75, 3.05) is 19.0 Å². The fraction of sp³-hybridized carbons (Fsp3) is 1.00. The average Bonchev–Trinajstić information content (AvgIpc) is 2.28. The molecule has 0 aromatic carbocycles. The summed E-state index contributed by atoms with van der Waals surface area (Å²) in [6, 6.07) is 0.00731. The van der Waals surface area contributed by atoms with Crippen molar-refractivity contribution in [2.24, 2.45) is 0 Å². The molecule has 1 heterocycles. The van der Waals surface area contributed by atoms with Crippen molar-refractivity contribution in [3.8, 4) is 0 Å². The van der Waals surface area contributed by atoms with Crippen LogP contribution in [0.4, 0.5) is 0 Å². The zero-order valence-corrected chi connectivity index (χ0v) is 10.3. The molecule has 1 N–H and O–H groups in total. The molecule has 0 aromatic heterocycles. The van der Waals surface area contributed by atoms with E-state index in [-0.39, 0.29) is 24.0 Å². The first-order chi connectivity index (χ1) is 7.61. The molecule has 3 atom stereocenters. The van der Waals surface area contributed by atoms with Gasteiger partial charge in [-0.05, 0) is 26.2 Å². The lowest BCUT2D eigenvalue weighted by atomic mass is 9.90. The molecule has 3 unspecified atom stereocenters. The lowest BCUT2D eigenvalue weighted by molar-refractivity contribution is -0.156. The van der Waals surface area contributed by atoms with Crippen LogP contribution in [0.15, 0.2) is 0 Å². The molecule has 1 saturated heterocycles. The van der Waals surface area contributed by atoms with Gasteiger partial charge >= 0.3 is 0 Å². The molecular formula is C10H19NO4S. The Hall–Kier alpha value is -0.170. The molecule has 2 aliphatic rings. The van der Waals surface area contributed by atoms with Gasteiger partial charge in [-0.2, -0.15) is 0 Å². The number of nitrogens with one attached hydrogen (secondary N) is 1. The Morgan fingerprint density at radius 2 is 1.88 bits per heavy atom. The molecule has 5 nitrogen and oxygen atoms in total. The SMILES string of the molecule is CCS(=O)(=O)NC1CCC2OCCOC2C1. The molecule has 0 radical (unpaired) electrons. The summed E-state index contributed by atoms with van der Waals surface area (Å²) in [4.78, 5) is 0. The van der Waals surface area contributed by atoms with Crippen LogP contribution in [0.1, 0.15) is 26.2 Å². The van der Waals surface area contributed by atoms with E-state index in [1.807, 2.05) is 0 Å². The molecule has 1 aliphatic carbocycles. The van der Waals surface area contributed by atoms with E-state index < -0.39 is 10.0 Å². The fourth-order valence-electron chi connectivity index (χ4n) is 2.31. The summed E-state index contributed by atoms with van der Waals surface area (Å²) >= 11 is 0. The van der Waals surface area contributed by atoms with Gasteiger partial charge in [0.15, 0.2) is 0 Å². The van der Waals surface area contributed by atoms with Crippen molar-refractivity contribution in [3.05, 3.63) is 0 Å². The Balaban J connectivity index is 1.90. The van der Waals surface area contributed by atoms with Crippen molar-refractivity contribution >= 4 is 10.0 Å². The van der Waals surface area contributed by atoms with Gasteiger partial charge in [0.05, 0.1) is 31.2 Å². The first-order valence-electron chi connectivity index (χ1n) is 5.84. The van der Waals surface area contributed by atoms with Gasteiger partial charge in [0.1, 0.15) is 0 Å². The summed E-state index contributed by atoms with van der Waals surface area (Å²) in [5, 5.41) is 0. The van der Waals surface area contributed by atoms with Crippen molar-refractivity contribution in [1.82, 2.24) is 4.72 Å². The Labute approximate surface area is 96.5 Å². The van der Waals surface area contributed by atoms with Gasteiger partial charge in [-0.3, -0.25) is 0 Å². The van der Waals surface area contributed by atoms with Gasteiger partial charge in [0.2, 0.25) is 10.0 Å². The van der Waals surface area contributed by atoms with Crippen molar-refractivity contribution in [1.29, 1.82) is 0 Å². The summed E-state index contributed by atoms with van der Waals surface area (Å²) < 4.78 is 36.8. The molecule has 0 spiro atoms. The third-order valence-electron chi connectivity index (χ3n) is 3.20. The second kappa shape index (κ2) is 5.00. The van der Waals surface area contributed by atoms with Crippen LogP contribution in [0.3, 0.4) is 0 Å². The van der Waals surface area contributed by atoms with Crippen molar-refractivity contribution < 1.29 is 17.9 Å². The number of hydrogen-bond donors (Lipinski definition) is 1. The van der Waals surface area contributed by atoms with Crippen LogP contribution in [-0.2, 0) is 19.5 Å². The van der Waals surface area contributed by atoms with E-state index in [1.165, 1.54) is 0 Å². The summed E-state index contributed by atoms with van der Waals surface area (Å²) in [5.74, 6) is 0.134. The van der Waals surface area contributed by atoms with E-state index in [0.29, 0.717) is 13.2 Å². The van der Waals surface area contributed by atoms with Crippen LogP contribution in [0.5, 0.6) is 0 Å². The molecule has 1 saturated carbocycles. The van der Waals surface area contributed by atoms with E-state index >= 15 is 0 Å². The monoisotopic (exact) mass is 249 g/mol. The predicted molar refractivity (Wildman–Crippen MR) is 59.7 cm³/mol. The summed E-state index contributed by atoms with van der Waals surface area (Å²) in [6.45, 7) is 2.93. The lowest BCUT2D eigenvalue weighted by Crippen LogP contribution is -2.49. The molecule has 94 valence electrons. The molecule has 2 fully saturated rings. The van der Waals surface area contributed by atoms with Gasteiger partial charge in [0.25, 0.3) is 0 Å². The summed E-state index contributed by atoms with van der Waals surface area (Å²) in [7, 11) is -3.10. The molecule has 1 aliphatic heterocycles. The lowest BCUT2D eigenvalue weighted by Gasteiger charge is -2.38. The van der Waals surface area contributed by atoms with Crippen LogP contribution >= 0.6 is 0 Å². The normalized spacial score (nSPS) is 35.7. The average molecular weight is 249 g/mol. The highest BCUT2D eigenvalue weighted by atomic mass is 32.2. The smallest absolute Gasteiger partial charge is 0.211 e. The van der Waals surface area contributed by atoms with Crippen molar-refractivity contribution in [3.63, 3.8) is 0 Å². The second-order valence-corrected chi connectivity index (χ2v) is 6.39. The minimum absolute atomic E-state index is 0.00731. The van der Waals surface area contributed by atoms with Crippen LogP contribution in [-0.4, -0.2) is 45.6 Å². The standard InChI is InChI=1S/C10H19NO4S/c1-2-16(12,13)11-8-3-4-9-10(7-8)15-6-5-14-9/h8-11H,2-7H2,1H3. The third-order valence-corrected chi connectivity index (χ3v) is 4.66. The number of fused-ring (bicyclic) bond motifs is 1. The first kappa shape index (κ1) is 12.3. The maximum atomic E-state index is 11.4. The minimum Gasteiger partial charge on any atom is -0.373 e. The Morgan fingerprint density at radius 1 is 1.19 bits per heavy atom. The van der Waals surface area contributed by atoms with Crippen molar-refractivity contribution in [2.45, 2.75) is 44.4 Å². The van der Waals surface area contributed by atoms with E-state index in [0.717, 1.165) is 19.3 Å². The Morgan fingerprint density at radius 3 is 2.56 bits per heavy atom. The van der Waals surface area contributed by atoms with E-state index in [2.05, 4.69) is 4.72 Å². The highest BCUT2D eigenvalue weighted by Crippen LogP contribution is 2.27. The summed E-state index contributed by atoms with van der Waals surface area (Å²) in [5.41, 5.74) is 0. The Kier molecular flexibility index (Phi) is 3.84. The van der Waals surface area contributed by atoms with Crippen LogP contribution in [0, 0.1) is 0 Å². The zero-order chi connectivity index (χ0) is 11.6. The molecule has 16 heavy (non-hydrogen) atoms. The number of sulfonamides is 1. The van der Waals surface area contributed by atoms with Crippen LogP contribution < -0.4 is 4.72 Å². The number of ether oxygens (including phenoxy) is 2. The summed E-state index contributed by atoms with van der Waals surface area (Å²) in [6.07, 6.45) is 2.66. The highest BCUT2D eigenvalue weighted by molar-refractivity contribution is 7.89. The molecule has 6 heteroatoms. The van der Waals surface area contributed by atoms with Gasteiger partial charge in [-0.15, -0.1) is 0 Å². The molecule has 0 aromatic rings. The quantitative estimate of drug-likeness (QED) is 0.779. The van der Waals surface area contributed by atoms with Gasteiger partial charge in [-0.25, -0.2) is 13.1 Å². The van der Waals surface area contributed by atoms with E-state index in [4.69, 9.17) is 9.47 Å². The third kappa shape index (κ3) is 2.94. The molecule has 0 amide bonds. The van der Waals surface area contributed by atoms with E-state index in [9.17, 15) is 8.42 Å². The largest absolute Gasteiger partial charge is 0.373 e.